The van der Waals surface area contributed by atoms with Gasteiger partial charge >= 0.3 is 5.97 Å². The lowest BCUT2D eigenvalue weighted by Crippen LogP contribution is -2.46. The molecule has 0 saturated heterocycles. The number of carbonyl (C=O) groups is 1. The fraction of sp³-hybridized carbons (Fsp3) is 0.900. The largest absolute Gasteiger partial charge is 0.466 e. The monoisotopic (exact) mass is 201 g/mol. The number of rotatable bonds is 6. The van der Waals surface area contributed by atoms with Crippen molar-refractivity contribution < 1.29 is 14.6 Å². The fourth-order valence-corrected chi connectivity index (χ4v) is 1.51. The van der Waals surface area contributed by atoms with E-state index in [2.05, 4.69) is 5.32 Å². The molecule has 0 aromatic carbocycles. The zero-order valence-corrected chi connectivity index (χ0v) is 8.71. The zero-order valence-electron chi connectivity index (χ0n) is 8.71. The number of hydrogen-bond donors (Lipinski definition) is 2. The van der Waals surface area contributed by atoms with E-state index in [0.29, 0.717) is 26.1 Å². The van der Waals surface area contributed by atoms with E-state index < -0.39 is 5.60 Å². The van der Waals surface area contributed by atoms with E-state index in [-0.39, 0.29) is 5.97 Å². The van der Waals surface area contributed by atoms with Crippen LogP contribution in [0.4, 0.5) is 0 Å². The first-order valence-corrected chi connectivity index (χ1v) is 5.25. The maximum absolute atomic E-state index is 10.9. The highest BCUT2D eigenvalue weighted by atomic mass is 16.5. The Morgan fingerprint density at radius 3 is 2.79 bits per heavy atom. The second-order valence-corrected chi connectivity index (χ2v) is 3.81. The minimum atomic E-state index is -0.505. The third-order valence-electron chi connectivity index (χ3n) is 2.55. The van der Waals surface area contributed by atoms with Crippen LogP contribution in [0.25, 0.3) is 0 Å². The third-order valence-corrected chi connectivity index (χ3v) is 2.55. The van der Waals surface area contributed by atoms with Crippen LogP contribution in [0, 0.1) is 0 Å². The van der Waals surface area contributed by atoms with Crippen LogP contribution >= 0.6 is 0 Å². The summed E-state index contributed by atoms with van der Waals surface area (Å²) in [6, 6.07) is 0. The molecule has 14 heavy (non-hydrogen) atoms. The van der Waals surface area contributed by atoms with Gasteiger partial charge in [-0.2, -0.15) is 0 Å². The average Bonchev–Trinajstić information content (AvgIpc) is 2.10. The minimum Gasteiger partial charge on any atom is -0.466 e. The Morgan fingerprint density at radius 2 is 2.29 bits per heavy atom. The van der Waals surface area contributed by atoms with E-state index in [0.717, 1.165) is 19.3 Å². The number of ether oxygens (including phenoxy) is 1. The molecule has 0 aliphatic heterocycles. The van der Waals surface area contributed by atoms with Crippen molar-refractivity contribution in [1.29, 1.82) is 0 Å². The molecule has 0 atom stereocenters. The zero-order chi connectivity index (χ0) is 10.4. The molecule has 1 saturated carbocycles. The third kappa shape index (κ3) is 3.64. The van der Waals surface area contributed by atoms with Gasteiger partial charge in [-0.3, -0.25) is 4.79 Å². The average molecular weight is 201 g/mol. The fourth-order valence-electron chi connectivity index (χ4n) is 1.51. The van der Waals surface area contributed by atoms with Gasteiger partial charge in [0.2, 0.25) is 0 Å². The molecule has 2 N–H and O–H groups in total. The van der Waals surface area contributed by atoms with Crippen LogP contribution in [-0.4, -0.2) is 36.4 Å². The molecule has 1 rings (SSSR count). The van der Waals surface area contributed by atoms with Crippen LogP contribution in [0.3, 0.4) is 0 Å². The van der Waals surface area contributed by atoms with Crippen molar-refractivity contribution in [3.05, 3.63) is 0 Å². The van der Waals surface area contributed by atoms with Crippen molar-refractivity contribution >= 4 is 5.97 Å². The van der Waals surface area contributed by atoms with Gasteiger partial charge in [-0.25, -0.2) is 0 Å². The molecule has 1 aliphatic carbocycles. The van der Waals surface area contributed by atoms with Gasteiger partial charge in [-0.05, 0) is 26.2 Å². The first-order valence-electron chi connectivity index (χ1n) is 5.25. The van der Waals surface area contributed by atoms with Crippen LogP contribution in [-0.2, 0) is 9.53 Å². The van der Waals surface area contributed by atoms with Crippen LogP contribution in [0.15, 0.2) is 0 Å². The number of esters is 1. The van der Waals surface area contributed by atoms with Crippen molar-refractivity contribution in [2.24, 2.45) is 0 Å². The molecular formula is C10H19NO3. The predicted molar refractivity (Wildman–Crippen MR) is 52.9 cm³/mol. The molecule has 0 aromatic heterocycles. The van der Waals surface area contributed by atoms with Gasteiger partial charge in [0.25, 0.3) is 0 Å². The van der Waals surface area contributed by atoms with E-state index in [4.69, 9.17) is 4.74 Å². The Balaban J connectivity index is 1.96. The quantitative estimate of drug-likeness (QED) is 0.484. The Morgan fingerprint density at radius 1 is 1.57 bits per heavy atom. The van der Waals surface area contributed by atoms with Gasteiger partial charge < -0.3 is 15.2 Å². The molecule has 4 nitrogen and oxygen atoms in total. The highest BCUT2D eigenvalue weighted by Gasteiger charge is 2.33. The standard InChI is InChI=1S/C10H19NO3/c1-2-14-9(12)4-7-11-8-10(13)5-3-6-10/h11,13H,2-8H2,1H3. The molecule has 0 bridgehead atoms. The van der Waals surface area contributed by atoms with Crippen molar-refractivity contribution in [3.8, 4) is 0 Å². The summed E-state index contributed by atoms with van der Waals surface area (Å²) in [7, 11) is 0. The Hall–Kier alpha value is -0.610. The molecule has 0 aromatic rings. The van der Waals surface area contributed by atoms with Gasteiger partial charge in [0.05, 0.1) is 18.6 Å². The smallest absolute Gasteiger partial charge is 0.307 e. The Labute approximate surface area is 84.6 Å². The van der Waals surface area contributed by atoms with Crippen LogP contribution < -0.4 is 5.32 Å². The maximum Gasteiger partial charge on any atom is 0.307 e. The molecule has 0 unspecified atom stereocenters. The summed E-state index contributed by atoms with van der Waals surface area (Å²) in [4.78, 5) is 10.9. The van der Waals surface area contributed by atoms with Crippen LogP contribution in [0.1, 0.15) is 32.6 Å². The van der Waals surface area contributed by atoms with Crippen molar-refractivity contribution in [2.45, 2.75) is 38.2 Å². The Kier molecular flexibility index (Phi) is 4.35. The molecule has 1 aliphatic rings. The van der Waals surface area contributed by atoms with E-state index >= 15 is 0 Å². The van der Waals surface area contributed by atoms with E-state index in [1.54, 1.807) is 6.92 Å². The SMILES string of the molecule is CCOC(=O)CCNCC1(O)CCC1. The van der Waals surface area contributed by atoms with E-state index in [1.807, 2.05) is 0 Å². The first kappa shape index (κ1) is 11.5. The summed E-state index contributed by atoms with van der Waals surface area (Å²) in [6.45, 7) is 3.40. The summed E-state index contributed by atoms with van der Waals surface area (Å²) in [6.07, 6.45) is 3.23. The van der Waals surface area contributed by atoms with Crippen molar-refractivity contribution in [3.63, 3.8) is 0 Å². The van der Waals surface area contributed by atoms with E-state index in [1.165, 1.54) is 0 Å². The molecule has 0 heterocycles. The van der Waals surface area contributed by atoms with Gasteiger partial charge in [-0.1, -0.05) is 0 Å². The molecule has 0 amide bonds. The molecule has 0 spiro atoms. The lowest BCUT2D eigenvalue weighted by Gasteiger charge is -2.36. The second kappa shape index (κ2) is 5.32. The number of nitrogens with one attached hydrogen (secondary N) is 1. The summed E-state index contributed by atoms with van der Waals surface area (Å²) in [5.41, 5.74) is -0.505. The molecule has 0 radical (unpaired) electrons. The summed E-state index contributed by atoms with van der Waals surface area (Å²) < 4.78 is 4.77. The normalized spacial score (nSPS) is 18.7. The van der Waals surface area contributed by atoms with Gasteiger partial charge in [-0.15, -0.1) is 0 Å². The predicted octanol–water partition coefficient (Wildman–Crippen LogP) is 0.444. The maximum atomic E-state index is 10.9. The minimum absolute atomic E-state index is 0.180. The molecule has 82 valence electrons. The number of hydrogen-bond acceptors (Lipinski definition) is 4. The summed E-state index contributed by atoms with van der Waals surface area (Å²) in [5.74, 6) is -0.180. The Bertz CT molecular complexity index is 190. The highest BCUT2D eigenvalue weighted by Crippen LogP contribution is 2.30. The lowest BCUT2D eigenvalue weighted by molar-refractivity contribution is -0.143. The van der Waals surface area contributed by atoms with Gasteiger partial charge in [0, 0.05) is 13.1 Å². The van der Waals surface area contributed by atoms with Crippen LogP contribution in [0.5, 0.6) is 0 Å². The number of aliphatic hydroxyl groups is 1. The topological polar surface area (TPSA) is 58.6 Å². The summed E-state index contributed by atoms with van der Waals surface area (Å²) in [5, 5.41) is 12.8. The number of carbonyl (C=O) groups excluding carboxylic acids is 1. The molecular weight excluding hydrogens is 182 g/mol. The second-order valence-electron chi connectivity index (χ2n) is 3.81. The van der Waals surface area contributed by atoms with Crippen molar-refractivity contribution in [2.75, 3.05) is 19.7 Å². The highest BCUT2D eigenvalue weighted by molar-refractivity contribution is 5.69. The van der Waals surface area contributed by atoms with E-state index in [9.17, 15) is 9.90 Å². The molecule has 1 fully saturated rings. The van der Waals surface area contributed by atoms with Gasteiger partial charge in [0.15, 0.2) is 0 Å². The van der Waals surface area contributed by atoms with Crippen molar-refractivity contribution in [1.82, 2.24) is 5.32 Å². The molecule has 4 heteroatoms. The van der Waals surface area contributed by atoms with Crippen LogP contribution in [0.2, 0.25) is 0 Å². The lowest BCUT2D eigenvalue weighted by atomic mass is 9.80. The first-order chi connectivity index (χ1) is 6.66. The summed E-state index contributed by atoms with van der Waals surface area (Å²) >= 11 is 0. The van der Waals surface area contributed by atoms with Gasteiger partial charge in [0.1, 0.15) is 0 Å².